The first-order chi connectivity index (χ1) is 13.1. The Morgan fingerprint density at radius 1 is 1.43 bits per heavy atom. The Kier molecular flexibility index (Phi) is 5.55. The van der Waals surface area contributed by atoms with Crippen molar-refractivity contribution in [1.29, 1.82) is 0 Å². The molecule has 12 heteroatoms. The van der Waals surface area contributed by atoms with E-state index in [1.54, 1.807) is 6.07 Å². The molecule has 0 saturated heterocycles. The molecule has 1 atom stereocenters. The van der Waals surface area contributed by atoms with Crippen molar-refractivity contribution in [3.05, 3.63) is 23.8 Å². The van der Waals surface area contributed by atoms with Gasteiger partial charge in [0.2, 0.25) is 5.79 Å². The quantitative estimate of drug-likeness (QED) is 0.618. The standard InChI is InChI=1S/C16H22N6O4S2/c1-10(2)22-8-11-6-5-7-12(13(11)27-22)28(24,25)21-14(23)19-16(3)18-9-17-15(20-16)26-4/h5-7,9-10H,8H2,1-4H3,(H,17,18,20)(H2,19,21,23). The summed E-state index contributed by atoms with van der Waals surface area (Å²) in [6.07, 6.45) is 1.31. The van der Waals surface area contributed by atoms with E-state index < -0.39 is 21.8 Å². The van der Waals surface area contributed by atoms with Crippen LogP contribution < -0.4 is 15.4 Å². The number of methoxy groups -OCH3 is 1. The van der Waals surface area contributed by atoms with E-state index in [0.29, 0.717) is 11.4 Å². The van der Waals surface area contributed by atoms with E-state index in [2.05, 4.69) is 24.9 Å². The van der Waals surface area contributed by atoms with Crippen LogP contribution in [-0.4, -0.2) is 50.1 Å². The maximum atomic E-state index is 12.8. The van der Waals surface area contributed by atoms with Gasteiger partial charge in [-0.2, -0.15) is 4.99 Å². The van der Waals surface area contributed by atoms with Crippen LogP contribution in [0, 0.1) is 0 Å². The normalized spacial score (nSPS) is 21.7. The fourth-order valence-corrected chi connectivity index (χ4v) is 5.20. The molecule has 10 nitrogen and oxygen atoms in total. The highest BCUT2D eigenvalue weighted by Gasteiger charge is 2.33. The van der Waals surface area contributed by atoms with Crippen LogP contribution >= 0.6 is 11.9 Å². The van der Waals surface area contributed by atoms with Gasteiger partial charge >= 0.3 is 6.03 Å². The second-order valence-electron chi connectivity index (χ2n) is 6.61. The Bertz CT molecular complexity index is 946. The minimum atomic E-state index is -4.09. The summed E-state index contributed by atoms with van der Waals surface area (Å²) in [4.78, 5) is 21.1. The van der Waals surface area contributed by atoms with Gasteiger partial charge in [-0.3, -0.25) is 5.32 Å². The molecule has 3 N–H and O–H groups in total. The van der Waals surface area contributed by atoms with Gasteiger partial charge in [0.05, 0.1) is 13.4 Å². The first-order valence-corrected chi connectivity index (χ1v) is 10.7. The topological polar surface area (TPSA) is 124 Å². The number of benzene rings is 1. The molecule has 0 aliphatic carbocycles. The molecule has 0 fully saturated rings. The van der Waals surface area contributed by atoms with Crippen molar-refractivity contribution < 1.29 is 17.9 Å². The third kappa shape index (κ3) is 4.23. The van der Waals surface area contributed by atoms with Crippen LogP contribution in [0.15, 0.2) is 38.0 Å². The predicted octanol–water partition coefficient (Wildman–Crippen LogP) is 1.21. The molecular weight excluding hydrogens is 404 g/mol. The fraction of sp³-hybridized carbons (Fsp3) is 0.438. The molecule has 0 bridgehead atoms. The van der Waals surface area contributed by atoms with Gasteiger partial charge in [0.15, 0.2) is 0 Å². The molecule has 1 unspecified atom stereocenters. The number of sulfonamides is 1. The molecular formula is C16H22N6O4S2. The summed E-state index contributed by atoms with van der Waals surface area (Å²) in [7, 11) is -2.68. The van der Waals surface area contributed by atoms with Crippen LogP contribution in [0.5, 0.6) is 0 Å². The lowest BCUT2D eigenvalue weighted by Crippen LogP contribution is -2.52. The van der Waals surface area contributed by atoms with Crippen LogP contribution in [0.25, 0.3) is 0 Å². The summed E-state index contributed by atoms with van der Waals surface area (Å²) >= 11 is 1.38. The number of urea groups is 1. The number of carbonyl (C=O) groups is 1. The number of nitrogens with zero attached hydrogens (tertiary/aromatic N) is 3. The number of carbonyl (C=O) groups excluding carboxylic acids is 1. The summed E-state index contributed by atoms with van der Waals surface area (Å²) in [6.45, 7) is 6.22. The van der Waals surface area contributed by atoms with Gasteiger partial charge < -0.3 is 10.1 Å². The third-order valence-corrected chi connectivity index (χ3v) is 7.01. The first-order valence-electron chi connectivity index (χ1n) is 8.49. The van der Waals surface area contributed by atoms with Crippen molar-refractivity contribution >= 4 is 40.4 Å². The number of fused-ring (bicyclic) bond motifs is 1. The molecule has 2 heterocycles. The zero-order chi connectivity index (χ0) is 20.5. The van der Waals surface area contributed by atoms with E-state index >= 15 is 0 Å². The summed E-state index contributed by atoms with van der Waals surface area (Å²) in [5.74, 6) is -1.39. The van der Waals surface area contributed by atoms with Gasteiger partial charge in [-0.25, -0.2) is 27.2 Å². The van der Waals surface area contributed by atoms with Crippen molar-refractivity contribution in [2.45, 2.75) is 48.9 Å². The number of rotatable bonds is 4. The second-order valence-corrected chi connectivity index (χ2v) is 9.32. The van der Waals surface area contributed by atoms with Crippen molar-refractivity contribution in [2.75, 3.05) is 7.11 Å². The molecule has 152 valence electrons. The molecule has 28 heavy (non-hydrogen) atoms. The monoisotopic (exact) mass is 426 g/mol. The Hall–Kier alpha value is -2.31. The minimum Gasteiger partial charge on any atom is -0.468 e. The summed E-state index contributed by atoms with van der Waals surface area (Å²) in [5.41, 5.74) is 0.909. The first kappa shape index (κ1) is 20.4. The lowest BCUT2D eigenvalue weighted by molar-refractivity contribution is 0.233. The average molecular weight is 427 g/mol. The van der Waals surface area contributed by atoms with Gasteiger partial charge in [0.1, 0.15) is 4.90 Å². The molecule has 0 saturated carbocycles. The number of nitrogens with one attached hydrogen (secondary N) is 3. The zero-order valence-corrected chi connectivity index (χ0v) is 17.5. The van der Waals surface area contributed by atoms with E-state index in [4.69, 9.17) is 4.74 Å². The molecule has 1 aromatic carbocycles. The lowest BCUT2D eigenvalue weighted by atomic mass is 10.2. The molecule has 2 amide bonds. The van der Waals surface area contributed by atoms with Crippen LogP contribution in [0.3, 0.4) is 0 Å². The summed E-state index contributed by atoms with van der Waals surface area (Å²) in [6, 6.07) is 4.49. The van der Waals surface area contributed by atoms with E-state index in [0.717, 1.165) is 5.56 Å². The highest BCUT2D eigenvalue weighted by atomic mass is 32.2. The Morgan fingerprint density at radius 2 is 2.18 bits per heavy atom. The van der Waals surface area contributed by atoms with E-state index in [9.17, 15) is 13.2 Å². The van der Waals surface area contributed by atoms with Gasteiger partial charge in [-0.1, -0.05) is 12.1 Å². The molecule has 2 aliphatic rings. The summed E-state index contributed by atoms with van der Waals surface area (Å²) < 4.78 is 34.7. The Balaban J connectivity index is 1.78. The largest absolute Gasteiger partial charge is 0.468 e. The highest BCUT2D eigenvalue weighted by Crippen LogP contribution is 2.41. The van der Waals surface area contributed by atoms with Gasteiger partial charge in [0.25, 0.3) is 16.0 Å². The SMILES string of the molecule is COC1=NC(C)(NC(=O)NS(=O)(=O)c2cccc3c2SN(C(C)C)C3)N=CN1. The molecule has 0 radical (unpaired) electrons. The fourth-order valence-electron chi connectivity index (χ4n) is 2.66. The van der Waals surface area contributed by atoms with E-state index in [1.807, 2.05) is 24.6 Å². The number of hydrogen-bond donors (Lipinski definition) is 3. The van der Waals surface area contributed by atoms with Crippen molar-refractivity contribution in [1.82, 2.24) is 19.7 Å². The van der Waals surface area contributed by atoms with Crippen molar-refractivity contribution in [2.24, 2.45) is 9.98 Å². The molecule has 2 aliphatic heterocycles. The second kappa shape index (κ2) is 7.60. The van der Waals surface area contributed by atoms with Gasteiger partial charge in [-0.05, 0) is 37.4 Å². The van der Waals surface area contributed by atoms with Gasteiger partial charge in [-0.15, -0.1) is 0 Å². The number of ether oxygens (including phenoxy) is 1. The number of amidine groups is 1. The molecule has 0 spiro atoms. The Morgan fingerprint density at radius 3 is 2.86 bits per heavy atom. The smallest absolute Gasteiger partial charge is 0.332 e. The predicted molar refractivity (Wildman–Crippen MR) is 106 cm³/mol. The lowest BCUT2D eigenvalue weighted by Gasteiger charge is -2.25. The number of hydrogen-bond acceptors (Lipinski definition) is 9. The highest BCUT2D eigenvalue weighted by molar-refractivity contribution is 7.98. The minimum absolute atomic E-state index is 0.0633. The Labute approximate surface area is 168 Å². The molecule has 1 aromatic rings. The number of aliphatic imine (C=N–C) groups is 2. The van der Waals surface area contributed by atoms with Crippen LogP contribution in [0.1, 0.15) is 26.3 Å². The molecule has 3 rings (SSSR count). The van der Waals surface area contributed by atoms with E-state index in [-0.39, 0.29) is 17.0 Å². The van der Waals surface area contributed by atoms with Crippen LogP contribution in [0.4, 0.5) is 4.79 Å². The van der Waals surface area contributed by atoms with E-state index in [1.165, 1.54) is 38.4 Å². The van der Waals surface area contributed by atoms with Crippen LogP contribution in [0.2, 0.25) is 0 Å². The average Bonchev–Trinajstić information content (AvgIpc) is 3.04. The summed E-state index contributed by atoms with van der Waals surface area (Å²) in [5, 5.41) is 5.08. The zero-order valence-electron chi connectivity index (χ0n) is 15.9. The van der Waals surface area contributed by atoms with Crippen molar-refractivity contribution in [3.8, 4) is 0 Å². The van der Waals surface area contributed by atoms with Gasteiger partial charge in [0, 0.05) is 24.4 Å². The third-order valence-electron chi connectivity index (χ3n) is 4.05. The maximum absolute atomic E-state index is 12.8. The number of amides is 2. The van der Waals surface area contributed by atoms with Crippen LogP contribution in [-0.2, 0) is 21.3 Å². The van der Waals surface area contributed by atoms with Crippen molar-refractivity contribution in [3.63, 3.8) is 0 Å². The maximum Gasteiger partial charge on any atom is 0.332 e. The molecule has 0 aromatic heterocycles.